The first-order valence-electron chi connectivity index (χ1n) is 7.37. The Kier molecular flexibility index (Phi) is 4.22. The fraction of sp³-hybridized carbons (Fsp3) is 0.312. The highest BCUT2D eigenvalue weighted by Crippen LogP contribution is 2.23. The number of phenolic OH excluding ortho intramolecular Hbond substituents is 1. The monoisotopic (exact) mass is 314 g/mol. The number of carbonyl (C=O) groups is 1. The summed E-state index contributed by atoms with van der Waals surface area (Å²) in [5.74, 6) is 0.000912. The molecule has 0 spiro atoms. The SMILES string of the molecule is NC(=O)c1ccnc(C[C@@H](O)[C@@H]2Cc3ccc(O)cc3CN2)n1. The van der Waals surface area contributed by atoms with E-state index in [9.17, 15) is 15.0 Å². The lowest BCUT2D eigenvalue weighted by atomic mass is 9.91. The van der Waals surface area contributed by atoms with E-state index in [1.807, 2.05) is 6.07 Å². The van der Waals surface area contributed by atoms with Crippen molar-refractivity contribution in [3.05, 3.63) is 53.1 Å². The van der Waals surface area contributed by atoms with E-state index in [1.54, 1.807) is 12.1 Å². The number of benzene rings is 1. The van der Waals surface area contributed by atoms with Crippen LogP contribution in [0.25, 0.3) is 0 Å². The van der Waals surface area contributed by atoms with Gasteiger partial charge in [-0.2, -0.15) is 0 Å². The number of hydrogen-bond acceptors (Lipinski definition) is 6. The second kappa shape index (κ2) is 6.31. The fourth-order valence-electron chi connectivity index (χ4n) is 2.76. The highest BCUT2D eigenvalue weighted by atomic mass is 16.3. The second-order valence-electron chi connectivity index (χ2n) is 5.64. The molecule has 3 rings (SSSR count). The van der Waals surface area contributed by atoms with Gasteiger partial charge in [-0.15, -0.1) is 0 Å². The first-order valence-corrected chi connectivity index (χ1v) is 7.37. The summed E-state index contributed by atoms with van der Waals surface area (Å²) in [5, 5.41) is 23.2. The van der Waals surface area contributed by atoms with Gasteiger partial charge in [0.2, 0.25) is 0 Å². The molecule has 2 heterocycles. The number of nitrogens with zero attached hydrogens (tertiary/aromatic N) is 2. The molecule has 0 saturated carbocycles. The number of fused-ring (bicyclic) bond motifs is 1. The van der Waals surface area contributed by atoms with E-state index in [1.165, 1.54) is 12.3 Å². The maximum absolute atomic E-state index is 11.1. The molecule has 0 aliphatic carbocycles. The number of amides is 1. The number of aromatic nitrogens is 2. The van der Waals surface area contributed by atoms with Gasteiger partial charge in [0.05, 0.1) is 6.10 Å². The molecule has 7 heteroatoms. The van der Waals surface area contributed by atoms with E-state index in [4.69, 9.17) is 5.73 Å². The third-order valence-corrected chi connectivity index (χ3v) is 4.00. The average Bonchev–Trinajstić information content (AvgIpc) is 2.54. The van der Waals surface area contributed by atoms with Crippen LogP contribution in [0.2, 0.25) is 0 Å². The van der Waals surface area contributed by atoms with Gasteiger partial charge in [0.1, 0.15) is 17.3 Å². The third kappa shape index (κ3) is 3.46. The standard InChI is InChI=1S/C16H18N4O3/c17-16(23)12-3-4-18-15(20-12)7-14(22)13-6-9-1-2-11(21)5-10(9)8-19-13/h1-5,13-14,19,21-22H,6-8H2,(H2,17,23)/t13-,14+/m0/s1. The lowest BCUT2D eigenvalue weighted by Crippen LogP contribution is -2.45. The summed E-state index contributed by atoms with van der Waals surface area (Å²) in [4.78, 5) is 19.3. The molecular weight excluding hydrogens is 296 g/mol. The largest absolute Gasteiger partial charge is 0.508 e. The van der Waals surface area contributed by atoms with Crippen molar-refractivity contribution >= 4 is 5.91 Å². The number of aromatic hydroxyl groups is 1. The molecule has 7 nitrogen and oxygen atoms in total. The number of rotatable bonds is 4. The lowest BCUT2D eigenvalue weighted by molar-refractivity contribution is 0.0992. The molecule has 1 aromatic heterocycles. The Labute approximate surface area is 133 Å². The van der Waals surface area contributed by atoms with Gasteiger partial charge < -0.3 is 21.3 Å². The maximum Gasteiger partial charge on any atom is 0.267 e. The summed E-state index contributed by atoms with van der Waals surface area (Å²) >= 11 is 0. The van der Waals surface area contributed by atoms with Crippen molar-refractivity contribution in [3.8, 4) is 5.75 Å². The van der Waals surface area contributed by atoms with Gasteiger partial charge in [-0.25, -0.2) is 9.97 Å². The second-order valence-corrected chi connectivity index (χ2v) is 5.64. The summed E-state index contributed by atoms with van der Waals surface area (Å²) in [5.41, 5.74) is 7.46. The van der Waals surface area contributed by atoms with Crippen molar-refractivity contribution in [2.24, 2.45) is 5.73 Å². The molecule has 1 amide bonds. The van der Waals surface area contributed by atoms with Gasteiger partial charge in [0.15, 0.2) is 0 Å². The van der Waals surface area contributed by atoms with E-state index in [-0.39, 0.29) is 23.9 Å². The molecule has 0 unspecified atom stereocenters. The summed E-state index contributed by atoms with van der Waals surface area (Å²) in [7, 11) is 0. The Morgan fingerprint density at radius 2 is 2.22 bits per heavy atom. The quantitative estimate of drug-likeness (QED) is 0.625. The molecule has 1 aromatic carbocycles. The fourth-order valence-corrected chi connectivity index (χ4v) is 2.76. The minimum Gasteiger partial charge on any atom is -0.508 e. The van der Waals surface area contributed by atoms with Gasteiger partial charge in [0, 0.05) is 25.2 Å². The Bertz CT molecular complexity index is 735. The van der Waals surface area contributed by atoms with E-state index in [0.717, 1.165) is 11.1 Å². The van der Waals surface area contributed by atoms with Crippen molar-refractivity contribution in [2.45, 2.75) is 31.5 Å². The Hall–Kier alpha value is -2.51. The third-order valence-electron chi connectivity index (χ3n) is 4.00. The van der Waals surface area contributed by atoms with Crippen LogP contribution in [-0.2, 0) is 19.4 Å². The molecule has 0 fully saturated rings. The van der Waals surface area contributed by atoms with Crippen LogP contribution in [0.3, 0.4) is 0 Å². The highest BCUT2D eigenvalue weighted by molar-refractivity contribution is 5.90. The summed E-state index contributed by atoms with van der Waals surface area (Å²) < 4.78 is 0. The Morgan fingerprint density at radius 3 is 3.00 bits per heavy atom. The number of hydrogen-bond donors (Lipinski definition) is 4. The number of nitrogens with two attached hydrogens (primary N) is 1. The zero-order chi connectivity index (χ0) is 16.4. The number of aliphatic hydroxyl groups is 1. The molecule has 1 aliphatic rings. The first-order chi connectivity index (χ1) is 11.0. The molecule has 0 bridgehead atoms. The van der Waals surface area contributed by atoms with Crippen LogP contribution in [-0.4, -0.2) is 38.2 Å². The number of nitrogens with one attached hydrogen (secondary N) is 1. The van der Waals surface area contributed by atoms with Crippen LogP contribution in [0.15, 0.2) is 30.5 Å². The van der Waals surface area contributed by atoms with Crippen LogP contribution >= 0.6 is 0 Å². The normalized spacial score (nSPS) is 18.2. The predicted molar refractivity (Wildman–Crippen MR) is 82.7 cm³/mol. The zero-order valence-corrected chi connectivity index (χ0v) is 12.4. The number of phenols is 1. The van der Waals surface area contributed by atoms with Gasteiger partial charge in [-0.05, 0) is 35.7 Å². The average molecular weight is 314 g/mol. The summed E-state index contributed by atoms with van der Waals surface area (Å²) in [6, 6.07) is 6.54. The number of aliphatic hydroxyl groups excluding tert-OH is 1. The Morgan fingerprint density at radius 1 is 1.39 bits per heavy atom. The van der Waals surface area contributed by atoms with Crippen molar-refractivity contribution < 1.29 is 15.0 Å². The van der Waals surface area contributed by atoms with Gasteiger partial charge in [-0.1, -0.05) is 6.07 Å². The van der Waals surface area contributed by atoms with Crippen LogP contribution in [0.5, 0.6) is 5.75 Å². The molecule has 2 aromatic rings. The summed E-state index contributed by atoms with van der Waals surface area (Å²) in [6.07, 6.45) is 1.64. The van der Waals surface area contributed by atoms with Crippen molar-refractivity contribution in [3.63, 3.8) is 0 Å². The van der Waals surface area contributed by atoms with Crippen LogP contribution < -0.4 is 11.1 Å². The lowest BCUT2D eigenvalue weighted by Gasteiger charge is -2.29. The van der Waals surface area contributed by atoms with Gasteiger partial charge in [0.25, 0.3) is 5.91 Å². The molecule has 1 aliphatic heterocycles. The molecule has 23 heavy (non-hydrogen) atoms. The van der Waals surface area contributed by atoms with Crippen molar-refractivity contribution in [1.82, 2.24) is 15.3 Å². The van der Waals surface area contributed by atoms with E-state index >= 15 is 0 Å². The minimum absolute atomic E-state index is 0.139. The Balaban J connectivity index is 1.69. The van der Waals surface area contributed by atoms with E-state index < -0.39 is 12.0 Å². The zero-order valence-electron chi connectivity index (χ0n) is 12.4. The number of primary amides is 1. The molecule has 120 valence electrons. The molecule has 5 N–H and O–H groups in total. The predicted octanol–water partition coefficient (Wildman–Crippen LogP) is -0.101. The van der Waals surface area contributed by atoms with E-state index in [2.05, 4.69) is 15.3 Å². The van der Waals surface area contributed by atoms with Crippen molar-refractivity contribution in [1.29, 1.82) is 0 Å². The van der Waals surface area contributed by atoms with Crippen LogP contribution in [0.1, 0.15) is 27.4 Å². The molecule has 0 radical (unpaired) electrons. The van der Waals surface area contributed by atoms with Gasteiger partial charge >= 0.3 is 0 Å². The molecular formula is C16H18N4O3. The maximum atomic E-state index is 11.1. The highest BCUT2D eigenvalue weighted by Gasteiger charge is 2.25. The number of carbonyl (C=O) groups excluding carboxylic acids is 1. The molecule has 0 saturated heterocycles. The smallest absolute Gasteiger partial charge is 0.267 e. The molecule has 2 atom stereocenters. The minimum atomic E-state index is -0.694. The van der Waals surface area contributed by atoms with Crippen LogP contribution in [0.4, 0.5) is 0 Å². The van der Waals surface area contributed by atoms with E-state index in [0.29, 0.717) is 18.8 Å². The van der Waals surface area contributed by atoms with Gasteiger partial charge in [-0.3, -0.25) is 4.79 Å². The van der Waals surface area contributed by atoms with Crippen molar-refractivity contribution in [2.75, 3.05) is 0 Å². The van der Waals surface area contributed by atoms with Crippen LogP contribution in [0, 0.1) is 0 Å². The topological polar surface area (TPSA) is 121 Å². The first kappa shape index (κ1) is 15.4. The summed E-state index contributed by atoms with van der Waals surface area (Å²) in [6.45, 7) is 0.577.